The third-order valence-corrected chi connectivity index (χ3v) is 2.12. The monoisotopic (exact) mass is 170 g/mol. The standard InChI is InChI=1S/C8H10O4/c1-5-2-8(3-5,7(11)12)4-6(9)10/h1-4H2,(H,9,10)(H,11,12). The smallest absolute Gasteiger partial charge is 0.310 e. The van der Waals surface area contributed by atoms with Gasteiger partial charge in [-0.3, -0.25) is 9.59 Å². The second-order valence-corrected chi connectivity index (χ2v) is 3.26. The number of carboxylic acid groups (broad SMARTS) is 2. The van der Waals surface area contributed by atoms with Gasteiger partial charge in [0, 0.05) is 0 Å². The fraction of sp³-hybridized carbons (Fsp3) is 0.500. The molecule has 0 aromatic carbocycles. The Bertz CT molecular complexity index is 246. The summed E-state index contributed by atoms with van der Waals surface area (Å²) in [7, 11) is 0. The van der Waals surface area contributed by atoms with E-state index in [1.54, 1.807) is 0 Å². The molecular formula is C8H10O4. The molecule has 0 spiro atoms. The summed E-state index contributed by atoms with van der Waals surface area (Å²) in [4.78, 5) is 21.0. The van der Waals surface area contributed by atoms with Gasteiger partial charge >= 0.3 is 11.9 Å². The van der Waals surface area contributed by atoms with Crippen molar-refractivity contribution in [3.63, 3.8) is 0 Å². The van der Waals surface area contributed by atoms with Gasteiger partial charge in [-0.15, -0.1) is 0 Å². The van der Waals surface area contributed by atoms with Crippen molar-refractivity contribution in [1.82, 2.24) is 0 Å². The van der Waals surface area contributed by atoms with Gasteiger partial charge in [-0.25, -0.2) is 0 Å². The lowest BCUT2D eigenvalue weighted by atomic mass is 9.64. The fourth-order valence-electron chi connectivity index (χ4n) is 1.55. The summed E-state index contributed by atoms with van der Waals surface area (Å²) in [6.45, 7) is 3.59. The largest absolute Gasteiger partial charge is 0.481 e. The van der Waals surface area contributed by atoms with Gasteiger partial charge in [0.1, 0.15) is 0 Å². The molecule has 1 saturated carbocycles. The maximum absolute atomic E-state index is 10.7. The molecule has 0 aromatic heterocycles. The molecular weight excluding hydrogens is 160 g/mol. The van der Waals surface area contributed by atoms with Crippen LogP contribution in [0.3, 0.4) is 0 Å². The average molecular weight is 170 g/mol. The van der Waals surface area contributed by atoms with E-state index in [4.69, 9.17) is 10.2 Å². The van der Waals surface area contributed by atoms with E-state index in [2.05, 4.69) is 6.58 Å². The lowest BCUT2D eigenvalue weighted by Gasteiger charge is -2.38. The molecule has 4 nitrogen and oxygen atoms in total. The highest BCUT2D eigenvalue weighted by molar-refractivity contribution is 5.83. The maximum Gasteiger partial charge on any atom is 0.310 e. The number of hydrogen-bond donors (Lipinski definition) is 2. The molecule has 1 rings (SSSR count). The van der Waals surface area contributed by atoms with Crippen molar-refractivity contribution >= 4 is 11.9 Å². The maximum atomic E-state index is 10.7. The summed E-state index contributed by atoms with van der Waals surface area (Å²) < 4.78 is 0. The van der Waals surface area contributed by atoms with Crippen molar-refractivity contribution in [3.8, 4) is 0 Å². The molecule has 0 saturated heterocycles. The lowest BCUT2D eigenvalue weighted by Crippen LogP contribution is -2.41. The first-order chi connectivity index (χ1) is 5.46. The highest BCUT2D eigenvalue weighted by Crippen LogP contribution is 2.47. The molecule has 0 amide bonds. The van der Waals surface area contributed by atoms with Gasteiger partial charge in [0.25, 0.3) is 0 Å². The van der Waals surface area contributed by atoms with Crippen LogP contribution >= 0.6 is 0 Å². The van der Waals surface area contributed by atoms with Crippen LogP contribution in [0.4, 0.5) is 0 Å². The van der Waals surface area contributed by atoms with Crippen LogP contribution in [0, 0.1) is 5.41 Å². The molecule has 1 aliphatic rings. The van der Waals surface area contributed by atoms with Crippen LogP contribution in [0.25, 0.3) is 0 Å². The van der Waals surface area contributed by atoms with Crippen molar-refractivity contribution in [1.29, 1.82) is 0 Å². The minimum absolute atomic E-state index is 0.300. The SMILES string of the molecule is C=C1CC(CC(=O)O)(C(=O)O)C1. The first kappa shape index (κ1) is 8.77. The Kier molecular flexibility index (Phi) is 1.92. The van der Waals surface area contributed by atoms with Crippen LogP contribution in [0.5, 0.6) is 0 Å². The fourth-order valence-corrected chi connectivity index (χ4v) is 1.55. The van der Waals surface area contributed by atoms with Crippen LogP contribution < -0.4 is 0 Å². The van der Waals surface area contributed by atoms with Crippen LogP contribution in [0.2, 0.25) is 0 Å². The second-order valence-electron chi connectivity index (χ2n) is 3.26. The summed E-state index contributed by atoms with van der Waals surface area (Å²) >= 11 is 0. The third kappa shape index (κ3) is 1.32. The van der Waals surface area contributed by atoms with Crippen molar-refractivity contribution in [2.45, 2.75) is 19.3 Å². The van der Waals surface area contributed by atoms with Gasteiger partial charge in [0.2, 0.25) is 0 Å². The minimum Gasteiger partial charge on any atom is -0.481 e. The number of aliphatic carboxylic acids is 2. The Hall–Kier alpha value is -1.32. The Morgan fingerprint density at radius 1 is 1.42 bits per heavy atom. The Morgan fingerprint density at radius 2 is 1.92 bits per heavy atom. The molecule has 1 fully saturated rings. The number of rotatable bonds is 3. The summed E-state index contributed by atoms with van der Waals surface area (Å²) in [5, 5.41) is 17.2. The number of carbonyl (C=O) groups is 2. The summed E-state index contributed by atoms with van der Waals surface area (Å²) in [5.74, 6) is -2.10. The molecule has 0 heterocycles. The predicted octanol–water partition coefficient (Wildman–Crippen LogP) is 0.882. The summed E-state index contributed by atoms with van der Waals surface area (Å²) in [5.41, 5.74) is -0.248. The van der Waals surface area contributed by atoms with Crippen LogP contribution in [-0.4, -0.2) is 22.2 Å². The van der Waals surface area contributed by atoms with Gasteiger partial charge in [0.15, 0.2) is 0 Å². The van der Waals surface area contributed by atoms with Gasteiger partial charge in [0.05, 0.1) is 11.8 Å². The molecule has 0 radical (unpaired) electrons. The summed E-state index contributed by atoms with van der Waals surface area (Å²) in [6.07, 6.45) is 0.296. The lowest BCUT2D eigenvalue weighted by molar-refractivity contribution is -0.158. The van der Waals surface area contributed by atoms with Gasteiger partial charge in [-0.2, -0.15) is 0 Å². The van der Waals surface area contributed by atoms with E-state index in [1.807, 2.05) is 0 Å². The van der Waals surface area contributed by atoms with Crippen LogP contribution in [-0.2, 0) is 9.59 Å². The van der Waals surface area contributed by atoms with Crippen LogP contribution in [0.1, 0.15) is 19.3 Å². The number of allylic oxidation sites excluding steroid dienone is 1. The van der Waals surface area contributed by atoms with E-state index in [1.165, 1.54) is 0 Å². The molecule has 1 aliphatic carbocycles. The molecule has 0 aromatic rings. The van der Waals surface area contributed by atoms with E-state index in [0.717, 1.165) is 5.57 Å². The quantitative estimate of drug-likeness (QED) is 0.616. The first-order valence-corrected chi connectivity index (χ1v) is 3.58. The van der Waals surface area contributed by atoms with E-state index >= 15 is 0 Å². The van der Waals surface area contributed by atoms with Crippen molar-refractivity contribution in [3.05, 3.63) is 12.2 Å². The Morgan fingerprint density at radius 3 is 2.17 bits per heavy atom. The van der Waals surface area contributed by atoms with Gasteiger partial charge < -0.3 is 10.2 Å². The van der Waals surface area contributed by atoms with Crippen molar-refractivity contribution in [2.24, 2.45) is 5.41 Å². The van der Waals surface area contributed by atoms with Gasteiger partial charge in [-0.1, -0.05) is 12.2 Å². The molecule has 12 heavy (non-hydrogen) atoms. The predicted molar refractivity (Wildman–Crippen MR) is 40.7 cm³/mol. The zero-order valence-corrected chi connectivity index (χ0v) is 6.54. The molecule has 4 heteroatoms. The van der Waals surface area contributed by atoms with E-state index in [0.29, 0.717) is 12.8 Å². The van der Waals surface area contributed by atoms with Crippen molar-refractivity contribution < 1.29 is 19.8 Å². The van der Waals surface area contributed by atoms with E-state index in [9.17, 15) is 9.59 Å². The van der Waals surface area contributed by atoms with Crippen LogP contribution in [0.15, 0.2) is 12.2 Å². The molecule has 0 atom stereocenters. The highest BCUT2D eigenvalue weighted by Gasteiger charge is 2.48. The molecule has 0 bridgehead atoms. The normalized spacial score (nSPS) is 19.8. The van der Waals surface area contributed by atoms with Gasteiger partial charge in [-0.05, 0) is 12.8 Å². The Labute approximate surface area is 69.5 Å². The topological polar surface area (TPSA) is 74.6 Å². The number of hydrogen-bond acceptors (Lipinski definition) is 2. The molecule has 2 N–H and O–H groups in total. The minimum atomic E-state index is -1.07. The molecule has 66 valence electrons. The third-order valence-electron chi connectivity index (χ3n) is 2.12. The van der Waals surface area contributed by atoms with E-state index < -0.39 is 17.4 Å². The zero-order chi connectivity index (χ0) is 9.35. The highest BCUT2D eigenvalue weighted by atomic mass is 16.4. The Balaban J connectivity index is 2.69. The average Bonchev–Trinajstić information content (AvgIpc) is 1.81. The molecule has 0 unspecified atom stereocenters. The van der Waals surface area contributed by atoms with E-state index in [-0.39, 0.29) is 6.42 Å². The summed E-state index contributed by atoms with van der Waals surface area (Å²) in [6, 6.07) is 0. The second kappa shape index (κ2) is 2.62. The molecule has 0 aliphatic heterocycles. The first-order valence-electron chi connectivity index (χ1n) is 3.58. The zero-order valence-electron chi connectivity index (χ0n) is 6.54. The number of carboxylic acids is 2. The van der Waals surface area contributed by atoms with Crippen molar-refractivity contribution in [2.75, 3.05) is 0 Å².